The number of methoxy groups -OCH3 is 1. The zero-order chi connectivity index (χ0) is 12.0. The van der Waals surface area contributed by atoms with E-state index in [9.17, 15) is 0 Å². The number of ether oxygens (including phenoxy) is 1. The maximum Gasteiger partial charge on any atom is 0.126 e. The molecule has 2 nitrogen and oxygen atoms in total. The predicted molar refractivity (Wildman–Crippen MR) is 72.6 cm³/mol. The number of thiol groups is 1. The standard InChI is InChI=1S/C13H21NOS/c1-10-7-11(2)13(15-3)12(8-10)9-14-5-4-6-16/h7-8,14,16H,4-6,9H2,1-3H3. The Hall–Kier alpha value is -0.670. The maximum absolute atomic E-state index is 5.43. The van der Waals surface area contributed by atoms with Gasteiger partial charge in [0.15, 0.2) is 0 Å². The van der Waals surface area contributed by atoms with Gasteiger partial charge in [0.05, 0.1) is 7.11 Å². The lowest BCUT2D eigenvalue weighted by atomic mass is 10.1. The van der Waals surface area contributed by atoms with E-state index in [2.05, 4.69) is 43.9 Å². The number of aryl methyl sites for hydroxylation is 2. The molecule has 0 spiro atoms. The van der Waals surface area contributed by atoms with E-state index >= 15 is 0 Å². The lowest BCUT2D eigenvalue weighted by Crippen LogP contribution is -2.16. The Kier molecular flexibility index (Phi) is 5.71. The van der Waals surface area contributed by atoms with Crippen LogP contribution in [0.4, 0.5) is 0 Å². The zero-order valence-electron chi connectivity index (χ0n) is 10.3. The molecule has 3 heteroatoms. The summed E-state index contributed by atoms with van der Waals surface area (Å²) in [5, 5.41) is 3.40. The molecule has 0 radical (unpaired) electrons. The first kappa shape index (κ1) is 13.4. The van der Waals surface area contributed by atoms with E-state index in [0.717, 1.165) is 31.0 Å². The molecule has 0 aromatic heterocycles. The van der Waals surface area contributed by atoms with Crippen molar-refractivity contribution >= 4 is 12.6 Å². The summed E-state index contributed by atoms with van der Waals surface area (Å²) in [5.41, 5.74) is 3.72. The van der Waals surface area contributed by atoms with Crippen molar-refractivity contribution < 1.29 is 4.74 Å². The van der Waals surface area contributed by atoms with Gasteiger partial charge in [-0.2, -0.15) is 12.6 Å². The Labute approximate surface area is 104 Å². The Morgan fingerprint density at radius 3 is 2.69 bits per heavy atom. The van der Waals surface area contributed by atoms with Gasteiger partial charge in [0.2, 0.25) is 0 Å². The van der Waals surface area contributed by atoms with Gasteiger partial charge in [-0.05, 0) is 38.1 Å². The van der Waals surface area contributed by atoms with Crippen LogP contribution >= 0.6 is 12.6 Å². The summed E-state index contributed by atoms with van der Waals surface area (Å²) in [4.78, 5) is 0. The highest BCUT2D eigenvalue weighted by molar-refractivity contribution is 7.80. The van der Waals surface area contributed by atoms with Crippen molar-refractivity contribution in [2.75, 3.05) is 19.4 Å². The summed E-state index contributed by atoms with van der Waals surface area (Å²) >= 11 is 4.19. The number of hydrogen-bond acceptors (Lipinski definition) is 3. The SMILES string of the molecule is COc1c(C)cc(C)cc1CNCCCS. The van der Waals surface area contributed by atoms with Crippen molar-refractivity contribution in [3.8, 4) is 5.75 Å². The van der Waals surface area contributed by atoms with E-state index in [-0.39, 0.29) is 0 Å². The molecule has 0 aliphatic carbocycles. The van der Waals surface area contributed by atoms with E-state index in [1.54, 1.807) is 7.11 Å². The highest BCUT2D eigenvalue weighted by atomic mass is 32.1. The minimum atomic E-state index is 0.861. The molecular formula is C13H21NOS. The molecule has 0 unspecified atom stereocenters. The van der Waals surface area contributed by atoms with Crippen LogP contribution in [-0.4, -0.2) is 19.4 Å². The quantitative estimate of drug-likeness (QED) is 0.588. The first-order valence-corrected chi connectivity index (χ1v) is 6.28. The zero-order valence-corrected chi connectivity index (χ0v) is 11.2. The van der Waals surface area contributed by atoms with Gasteiger partial charge in [0, 0.05) is 12.1 Å². The molecule has 0 bridgehead atoms. The van der Waals surface area contributed by atoms with Gasteiger partial charge in [-0.15, -0.1) is 0 Å². The molecule has 0 amide bonds. The minimum Gasteiger partial charge on any atom is -0.496 e. The Morgan fingerprint density at radius 2 is 2.06 bits per heavy atom. The highest BCUT2D eigenvalue weighted by Crippen LogP contribution is 2.24. The summed E-state index contributed by atoms with van der Waals surface area (Å²) < 4.78 is 5.43. The Bertz CT molecular complexity index is 339. The lowest BCUT2D eigenvalue weighted by Gasteiger charge is -2.13. The maximum atomic E-state index is 5.43. The number of hydrogen-bond donors (Lipinski definition) is 2. The molecule has 1 N–H and O–H groups in total. The van der Waals surface area contributed by atoms with Gasteiger partial charge in [-0.1, -0.05) is 17.7 Å². The third-order valence-corrected chi connectivity index (χ3v) is 2.84. The van der Waals surface area contributed by atoms with Gasteiger partial charge in [0.25, 0.3) is 0 Å². The Morgan fingerprint density at radius 1 is 1.31 bits per heavy atom. The minimum absolute atomic E-state index is 0.861. The van der Waals surface area contributed by atoms with E-state index in [0.29, 0.717) is 0 Å². The fraction of sp³-hybridized carbons (Fsp3) is 0.538. The summed E-state index contributed by atoms with van der Waals surface area (Å²) in [6, 6.07) is 4.33. The average Bonchev–Trinajstić information content (AvgIpc) is 2.24. The largest absolute Gasteiger partial charge is 0.496 e. The van der Waals surface area contributed by atoms with Gasteiger partial charge < -0.3 is 10.1 Å². The average molecular weight is 239 g/mol. The van der Waals surface area contributed by atoms with E-state index in [1.165, 1.54) is 16.7 Å². The second-order valence-electron chi connectivity index (χ2n) is 4.03. The van der Waals surface area contributed by atoms with E-state index in [4.69, 9.17) is 4.74 Å². The molecule has 0 aliphatic rings. The molecule has 0 atom stereocenters. The molecule has 90 valence electrons. The second-order valence-corrected chi connectivity index (χ2v) is 4.48. The van der Waals surface area contributed by atoms with Crippen LogP contribution < -0.4 is 10.1 Å². The molecule has 0 heterocycles. The Balaban J connectivity index is 2.69. The van der Waals surface area contributed by atoms with Crippen LogP contribution in [0, 0.1) is 13.8 Å². The molecule has 1 rings (SSSR count). The summed E-state index contributed by atoms with van der Waals surface area (Å²) in [6.45, 7) is 6.06. The van der Waals surface area contributed by atoms with Crippen molar-refractivity contribution in [1.29, 1.82) is 0 Å². The third-order valence-electron chi connectivity index (χ3n) is 2.53. The van der Waals surface area contributed by atoms with Gasteiger partial charge in [0.1, 0.15) is 5.75 Å². The van der Waals surface area contributed by atoms with Crippen molar-refractivity contribution in [1.82, 2.24) is 5.32 Å². The predicted octanol–water partition coefficient (Wildman–Crippen LogP) is 2.72. The first-order chi connectivity index (χ1) is 7.69. The van der Waals surface area contributed by atoms with Crippen LogP contribution in [0.25, 0.3) is 0 Å². The molecule has 0 fully saturated rings. The van der Waals surface area contributed by atoms with E-state index < -0.39 is 0 Å². The molecule has 1 aromatic rings. The van der Waals surface area contributed by atoms with Gasteiger partial charge >= 0.3 is 0 Å². The van der Waals surface area contributed by atoms with Gasteiger partial charge in [-0.25, -0.2) is 0 Å². The van der Waals surface area contributed by atoms with E-state index in [1.807, 2.05) is 0 Å². The van der Waals surface area contributed by atoms with Crippen LogP contribution in [-0.2, 0) is 6.54 Å². The smallest absolute Gasteiger partial charge is 0.126 e. The fourth-order valence-corrected chi connectivity index (χ4v) is 2.05. The monoisotopic (exact) mass is 239 g/mol. The van der Waals surface area contributed by atoms with Gasteiger partial charge in [-0.3, -0.25) is 0 Å². The number of benzene rings is 1. The van der Waals surface area contributed by atoms with Crippen LogP contribution in [0.3, 0.4) is 0 Å². The molecular weight excluding hydrogens is 218 g/mol. The number of nitrogens with one attached hydrogen (secondary N) is 1. The second kappa shape index (κ2) is 6.81. The fourth-order valence-electron chi connectivity index (χ4n) is 1.89. The molecule has 0 aliphatic heterocycles. The summed E-state index contributed by atoms with van der Waals surface area (Å²) in [7, 11) is 1.73. The highest BCUT2D eigenvalue weighted by Gasteiger charge is 2.06. The molecule has 16 heavy (non-hydrogen) atoms. The molecule has 0 saturated heterocycles. The lowest BCUT2D eigenvalue weighted by molar-refractivity contribution is 0.404. The molecule has 0 saturated carbocycles. The van der Waals surface area contributed by atoms with Crippen molar-refractivity contribution in [3.63, 3.8) is 0 Å². The van der Waals surface area contributed by atoms with Crippen molar-refractivity contribution in [3.05, 3.63) is 28.8 Å². The molecule has 1 aromatic carbocycles. The normalized spacial score (nSPS) is 10.5. The van der Waals surface area contributed by atoms with Crippen LogP contribution in [0.15, 0.2) is 12.1 Å². The third kappa shape index (κ3) is 3.72. The first-order valence-electron chi connectivity index (χ1n) is 5.64. The van der Waals surface area contributed by atoms with Crippen LogP contribution in [0.5, 0.6) is 5.75 Å². The number of rotatable bonds is 6. The van der Waals surface area contributed by atoms with Crippen LogP contribution in [0.2, 0.25) is 0 Å². The summed E-state index contributed by atoms with van der Waals surface area (Å²) in [6.07, 6.45) is 1.09. The topological polar surface area (TPSA) is 21.3 Å². The van der Waals surface area contributed by atoms with Crippen molar-refractivity contribution in [2.24, 2.45) is 0 Å². The van der Waals surface area contributed by atoms with Crippen LogP contribution in [0.1, 0.15) is 23.1 Å². The van der Waals surface area contributed by atoms with Crippen molar-refractivity contribution in [2.45, 2.75) is 26.8 Å². The summed E-state index contributed by atoms with van der Waals surface area (Å²) in [5.74, 6) is 1.93.